The van der Waals surface area contributed by atoms with Gasteiger partial charge in [0.25, 0.3) is 0 Å². The van der Waals surface area contributed by atoms with Crippen LogP contribution in [0.25, 0.3) is 0 Å². The highest BCUT2D eigenvalue weighted by atomic mass is 16.3. The lowest BCUT2D eigenvalue weighted by atomic mass is 9.88. The minimum absolute atomic E-state index is 0.00963. The molecular weight excluding hydrogens is 380 g/mol. The molecule has 1 saturated carbocycles. The lowest BCUT2D eigenvalue weighted by Gasteiger charge is -2.36. The maximum atomic E-state index is 13.0. The van der Waals surface area contributed by atoms with Gasteiger partial charge in [-0.05, 0) is 35.8 Å². The molecule has 7 nitrogen and oxygen atoms in total. The van der Waals surface area contributed by atoms with Crippen molar-refractivity contribution in [1.29, 1.82) is 0 Å². The van der Waals surface area contributed by atoms with Crippen molar-refractivity contribution in [2.45, 2.75) is 64.1 Å². The van der Waals surface area contributed by atoms with Crippen molar-refractivity contribution in [3.63, 3.8) is 0 Å². The van der Waals surface area contributed by atoms with Crippen LogP contribution in [0.5, 0.6) is 0 Å². The maximum Gasteiger partial charge on any atom is 0.231 e. The summed E-state index contributed by atoms with van der Waals surface area (Å²) in [6.45, 7) is 6.50. The van der Waals surface area contributed by atoms with Crippen LogP contribution >= 0.6 is 0 Å². The van der Waals surface area contributed by atoms with Crippen molar-refractivity contribution in [3.8, 4) is 0 Å². The van der Waals surface area contributed by atoms with Crippen LogP contribution in [0.3, 0.4) is 0 Å². The summed E-state index contributed by atoms with van der Waals surface area (Å²) in [5, 5.41) is 13.5. The highest BCUT2D eigenvalue weighted by molar-refractivity contribution is 5.99. The number of carbonyl (C=O) groups excluding carboxylic acids is 2. The number of rotatable bonds is 6. The fraction of sp³-hybridized carbons (Fsp3) is 0.609. The number of guanidine groups is 1. The first-order chi connectivity index (χ1) is 14.3. The summed E-state index contributed by atoms with van der Waals surface area (Å²) in [6, 6.07) is 7.45. The number of benzene rings is 1. The predicted octanol–water partition coefficient (Wildman–Crippen LogP) is 1.75. The number of hydrogen-bond donors (Lipinski definition) is 3. The Labute approximate surface area is 177 Å². The minimum atomic E-state index is -0.610. The average molecular weight is 413 g/mol. The summed E-state index contributed by atoms with van der Waals surface area (Å²) < 4.78 is 0. The molecule has 30 heavy (non-hydrogen) atoms. The van der Waals surface area contributed by atoms with Gasteiger partial charge in [-0.1, -0.05) is 45.0 Å². The van der Waals surface area contributed by atoms with Gasteiger partial charge in [0.2, 0.25) is 11.8 Å². The van der Waals surface area contributed by atoms with E-state index in [2.05, 4.69) is 10.3 Å². The Bertz CT molecular complexity index is 879. The van der Waals surface area contributed by atoms with Crippen molar-refractivity contribution in [2.24, 2.45) is 28.5 Å². The van der Waals surface area contributed by atoms with Crippen LogP contribution in [0.15, 0.2) is 29.3 Å². The molecule has 1 aromatic carbocycles. The molecule has 4 rings (SSSR count). The zero-order valence-electron chi connectivity index (χ0n) is 18.0. The van der Waals surface area contributed by atoms with Crippen molar-refractivity contribution in [2.75, 3.05) is 6.54 Å². The molecular formula is C23H32N4O3. The van der Waals surface area contributed by atoms with Gasteiger partial charge in [-0.3, -0.25) is 14.5 Å². The van der Waals surface area contributed by atoms with E-state index in [4.69, 9.17) is 5.73 Å². The number of hydrogen-bond acceptors (Lipinski definition) is 5. The van der Waals surface area contributed by atoms with E-state index in [1.807, 2.05) is 45.0 Å². The SMILES string of the molecule is CCC1(CC)CC(=O)N(C[C@H]2C(C)[C@@H]2C(=O)N[C@@H]2c3ccccc3C[C@H]2O)C(N)=N1. The van der Waals surface area contributed by atoms with Gasteiger partial charge < -0.3 is 16.2 Å². The van der Waals surface area contributed by atoms with E-state index in [1.54, 1.807) is 4.90 Å². The summed E-state index contributed by atoms with van der Waals surface area (Å²) in [5.74, 6) is 0.216. The second kappa shape index (κ2) is 7.69. The minimum Gasteiger partial charge on any atom is -0.390 e. The first-order valence-electron chi connectivity index (χ1n) is 11.0. The fourth-order valence-corrected chi connectivity index (χ4v) is 5.17. The molecule has 1 unspecified atom stereocenters. The Morgan fingerprint density at radius 2 is 2.03 bits per heavy atom. The van der Waals surface area contributed by atoms with Crippen LogP contribution in [0.2, 0.25) is 0 Å². The van der Waals surface area contributed by atoms with Gasteiger partial charge in [0, 0.05) is 18.9 Å². The molecule has 2 amide bonds. The van der Waals surface area contributed by atoms with Gasteiger partial charge in [0.05, 0.1) is 24.1 Å². The van der Waals surface area contributed by atoms with Gasteiger partial charge in [0.15, 0.2) is 5.96 Å². The van der Waals surface area contributed by atoms with Crippen LogP contribution in [-0.4, -0.2) is 46.0 Å². The number of aliphatic imine (C=N–C) groups is 1. The summed E-state index contributed by atoms with van der Waals surface area (Å²) >= 11 is 0. The summed E-state index contributed by atoms with van der Waals surface area (Å²) in [5.41, 5.74) is 7.84. The smallest absolute Gasteiger partial charge is 0.231 e. The first-order valence-corrected chi connectivity index (χ1v) is 11.0. The number of carbonyl (C=O) groups is 2. The van der Waals surface area contributed by atoms with Crippen LogP contribution < -0.4 is 11.1 Å². The molecule has 162 valence electrons. The number of fused-ring (bicyclic) bond motifs is 1. The maximum absolute atomic E-state index is 13.0. The largest absolute Gasteiger partial charge is 0.390 e. The zero-order chi connectivity index (χ0) is 21.6. The molecule has 1 aliphatic heterocycles. The molecule has 0 spiro atoms. The molecule has 0 radical (unpaired) electrons. The van der Waals surface area contributed by atoms with E-state index in [-0.39, 0.29) is 41.6 Å². The van der Waals surface area contributed by atoms with Gasteiger partial charge >= 0.3 is 0 Å². The van der Waals surface area contributed by atoms with Gasteiger partial charge in [0.1, 0.15) is 0 Å². The number of amides is 2. The molecule has 4 N–H and O–H groups in total. The molecule has 5 atom stereocenters. The summed E-state index contributed by atoms with van der Waals surface area (Å²) in [4.78, 5) is 31.9. The Balaban J connectivity index is 1.41. The normalized spacial score (nSPS) is 31.9. The van der Waals surface area contributed by atoms with Gasteiger partial charge in [-0.25, -0.2) is 4.99 Å². The number of nitrogens with two attached hydrogens (primary N) is 1. The molecule has 1 heterocycles. The third-order valence-electron chi connectivity index (χ3n) is 7.49. The Kier molecular flexibility index (Phi) is 5.34. The van der Waals surface area contributed by atoms with Crippen molar-refractivity contribution >= 4 is 17.8 Å². The first kappa shape index (κ1) is 20.8. The molecule has 1 fully saturated rings. The van der Waals surface area contributed by atoms with Crippen LogP contribution in [0.1, 0.15) is 57.2 Å². The van der Waals surface area contributed by atoms with Crippen LogP contribution in [0, 0.1) is 17.8 Å². The van der Waals surface area contributed by atoms with Gasteiger partial charge in [-0.15, -0.1) is 0 Å². The van der Waals surface area contributed by atoms with Crippen LogP contribution in [-0.2, 0) is 16.0 Å². The second-order valence-electron chi connectivity index (χ2n) is 9.09. The number of nitrogens with one attached hydrogen (secondary N) is 1. The third-order valence-corrected chi connectivity index (χ3v) is 7.49. The molecule has 0 saturated heterocycles. The highest BCUT2D eigenvalue weighted by Gasteiger charge is 2.54. The lowest BCUT2D eigenvalue weighted by molar-refractivity contribution is -0.130. The van der Waals surface area contributed by atoms with Crippen LogP contribution in [0.4, 0.5) is 0 Å². The number of nitrogens with zero attached hydrogens (tertiary/aromatic N) is 2. The molecule has 0 aromatic heterocycles. The average Bonchev–Trinajstić information content (AvgIpc) is 3.26. The summed E-state index contributed by atoms with van der Waals surface area (Å²) in [6.07, 6.45) is 1.86. The molecule has 3 aliphatic rings. The third kappa shape index (κ3) is 3.49. The topological polar surface area (TPSA) is 108 Å². The molecule has 2 aliphatic carbocycles. The van der Waals surface area contributed by atoms with E-state index in [0.717, 1.165) is 24.0 Å². The quantitative estimate of drug-likeness (QED) is 0.661. The highest BCUT2D eigenvalue weighted by Crippen LogP contribution is 2.47. The molecule has 1 aromatic rings. The molecule has 0 bridgehead atoms. The summed E-state index contributed by atoms with van der Waals surface area (Å²) in [7, 11) is 0. The van der Waals surface area contributed by atoms with E-state index in [9.17, 15) is 14.7 Å². The zero-order valence-corrected chi connectivity index (χ0v) is 18.0. The Hall–Kier alpha value is -2.41. The second-order valence-corrected chi connectivity index (χ2v) is 9.09. The monoisotopic (exact) mass is 412 g/mol. The lowest BCUT2D eigenvalue weighted by Crippen LogP contribution is -2.52. The Morgan fingerprint density at radius 3 is 2.70 bits per heavy atom. The van der Waals surface area contributed by atoms with Crippen molar-refractivity contribution in [1.82, 2.24) is 10.2 Å². The molecule has 7 heteroatoms. The fourth-order valence-electron chi connectivity index (χ4n) is 5.17. The van der Waals surface area contributed by atoms with Gasteiger partial charge in [-0.2, -0.15) is 0 Å². The van der Waals surface area contributed by atoms with Crippen molar-refractivity contribution < 1.29 is 14.7 Å². The van der Waals surface area contributed by atoms with E-state index in [1.165, 1.54) is 0 Å². The van der Waals surface area contributed by atoms with E-state index in [0.29, 0.717) is 19.4 Å². The van der Waals surface area contributed by atoms with E-state index >= 15 is 0 Å². The standard InChI is InChI=1S/C23H32N4O3/c1-4-23(5-2)11-18(29)27(22(24)26-23)12-16-13(3)19(16)21(30)25-20-15-9-7-6-8-14(15)10-17(20)28/h6-9,13,16-17,19-20,28H,4-5,10-12H2,1-3H3,(H2,24,26)(H,25,30)/t13?,16-,17+,19-,20+/m0/s1. The van der Waals surface area contributed by atoms with Crippen molar-refractivity contribution in [3.05, 3.63) is 35.4 Å². The Morgan fingerprint density at radius 1 is 1.33 bits per heavy atom. The number of aliphatic hydroxyl groups is 1. The predicted molar refractivity (Wildman–Crippen MR) is 114 cm³/mol. The van der Waals surface area contributed by atoms with E-state index < -0.39 is 11.6 Å². The number of aliphatic hydroxyl groups excluding tert-OH is 1.